The lowest BCUT2D eigenvalue weighted by molar-refractivity contribution is -0.144. The predicted octanol–water partition coefficient (Wildman–Crippen LogP) is 2.28. The normalized spacial score (nSPS) is 26.3. The molecule has 1 aromatic carbocycles. The third-order valence-corrected chi connectivity index (χ3v) is 8.92. The van der Waals surface area contributed by atoms with E-state index in [9.17, 15) is 24.0 Å². The van der Waals surface area contributed by atoms with E-state index in [1.807, 2.05) is 37.3 Å². The summed E-state index contributed by atoms with van der Waals surface area (Å²) < 4.78 is 15.6. The van der Waals surface area contributed by atoms with Gasteiger partial charge in [-0.3, -0.25) is 24.0 Å². The minimum absolute atomic E-state index is 0.0118. The summed E-state index contributed by atoms with van der Waals surface area (Å²) in [5.74, 6) is -1.56. The number of fused-ring (bicyclic) bond motifs is 1. The number of amides is 4. The Morgan fingerprint density at radius 3 is 2.46 bits per heavy atom. The standard InChI is InChI=1S/C34H52N4O8/c1-6-34(4)33(43)36-27(20-25-13-9-7-10-14-25)32(42)38-21-23(2)19-28(38)31(41)35-26(30(40)37-34)15-11-8-12-16-29(39)24(3)46-22-45-18-17-44-5/h7,9-10,13-14,23-24,26-28H,6,8,11-12,15-22H2,1-5H3,(H,35,41)(H,36,43)(H,37,40)/t23-,24?,26-,27-,28+,34?/m0/s1. The molecule has 3 rings (SSSR count). The van der Waals surface area contributed by atoms with Gasteiger partial charge in [0.15, 0.2) is 5.78 Å². The minimum Gasteiger partial charge on any atom is -0.382 e. The number of carbonyl (C=O) groups excluding carboxylic acids is 5. The van der Waals surface area contributed by atoms with Gasteiger partial charge in [0, 0.05) is 26.5 Å². The molecule has 2 aliphatic rings. The molecule has 0 aromatic heterocycles. The molecular formula is C34H52N4O8. The van der Waals surface area contributed by atoms with Crippen molar-refractivity contribution in [1.29, 1.82) is 0 Å². The Kier molecular flexibility index (Phi) is 14.6. The number of nitrogens with zero attached hydrogens (tertiary/aromatic N) is 1. The van der Waals surface area contributed by atoms with Gasteiger partial charge < -0.3 is 35.1 Å². The molecule has 2 fully saturated rings. The third kappa shape index (κ3) is 10.6. The first kappa shape index (κ1) is 37.1. The van der Waals surface area contributed by atoms with E-state index in [2.05, 4.69) is 16.0 Å². The quantitative estimate of drug-likeness (QED) is 0.183. The van der Waals surface area contributed by atoms with Gasteiger partial charge in [0.05, 0.1) is 13.2 Å². The second kappa shape index (κ2) is 18.1. The molecule has 0 radical (unpaired) electrons. The van der Waals surface area contributed by atoms with Crippen LogP contribution in [0.15, 0.2) is 30.3 Å². The van der Waals surface area contributed by atoms with Crippen molar-refractivity contribution < 1.29 is 38.2 Å². The highest BCUT2D eigenvalue weighted by molar-refractivity contribution is 5.99. The molecule has 4 amide bonds. The summed E-state index contributed by atoms with van der Waals surface area (Å²) in [4.78, 5) is 69.0. The first-order valence-electron chi connectivity index (χ1n) is 16.5. The van der Waals surface area contributed by atoms with E-state index in [0.29, 0.717) is 58.3 Å². The molecule has 0 spiro atoms. The van der Waals surface area contributed by atoms with Crippen LogP contribution in [0.25, 0.3) is 0 Å². The maximum atomic E-state index is 14.0. The van der Waals surface area contributed by atoms with Crippen LogP contribution in [0.1, 0.15) is 78.2 Å². The van der Waals surface area contributed by atoms with E-state index in [1.54, 1.807) is 32.8 Å². The van der Waals surface area contributed by atoms with Crippen LogP contribution < -0.4 is 16.0 Å². The molecule has 12 heteroatoms. The lowest BCUT2D eigenvalue weighted by atomic mass is 9.94. The molecule has 0 bridgehead atoms. The maximum absolute atomic E-state index is 14.0. The molecule has 2 aliphatic heterocycles. The van der Waals surface area contributed by atoms with Crippen molar-refractivity contribution in [2.24, 2.45) is 5.92 Å². The molecule has 46 heavy (non-hydrogen) atoms. The smallest absolute Gasteiger partial charge is 0.246 e. The Balaban J connectivity index is 1.68. The number of unbranched alkanes of at least 4 members (excludes halogenated alkanes) is 2. The van der Waals surface area contributed by atoms with Crippen LogP contribution in [-0.4, -0.2) is 97.7 Å². The summed E-state index contributed by atoms with van der Waals surface area (Å²) >= 11 is 0. The number of ketones is 1. The zero-order valence-corrected chi connectivity index (χ0v) is 28.0. The number of hydrogen-bond acceptors (Lipinski definition) is 8. The molecule has 12 nitrogen and oxygen atoms in total. The number of Topliss-reactive ketones (excluding diaryl/α,β-unsaturated/α-hetero) is 1. The van der Waals surface area contributed by atoms with Gasteiger partial charge in [-0.1, -0.05) is 57.0 Å². The van der Waals surface area contributed by atoms with Crippen molar-refractivity contribution in [3.63, 3.8) is 0 Å². The van der Waals surface area contributed by atoms with Gasteiger partial charge in [0.1, 0.15) is 36.6 Å². The van der Waals surface area contributed by atoms with Gasteiger partial charge in [0.2, 0.25) is 23.6 Å². The van der Waals surface area contributed by atoms with Crippen LogP contribution in [-0.2, 0) is 44.6 Å². The number of hydrogen-bond donors (Lipinski definition) is 3. The Morgan fingerprint density at radius 1 is 1.02 bits per heavy atom. The topological polar surface area (TPSA) is 152 Å². The van der Waals surface area contributed by atoms with E-state index in [-0.39, 0.29) is 43.2 Å². The molecule has 256 valence electrons. The second-order valence-corrected chi connectivity index (χ2v) is 12.7. The number of nitrogens with one attached hydrogen (secondary N) is 3. The van der Waals surface area contributed by atoms with E-state index in [1.165, 1.54) is 0 Å². The van der Waals surface area contributed by atoms with Gasteiger partial charge in [0.25, 0.3) is 0 Å². The lowest BCUT2D eigenvalue weighted by Gasteiger charge is -2.36. The largest absolute Gasteiger partial charge is 0.382 e. The fourth-order valence-electron chi connectivity index (χ4n) is 5.78. The summed E-state index contributed by atoms with van der Waals surface area (Å²) in [7, 11) is 1.58. The van der Waals surface area contributed by atoms with E-state index in [4.69, 9.17) is 14.2 Å². The molecule has 1 aromatic rings. The molecule has 2 heterocycles. The Bertz CT molecular complexity index is 1180. The summed E-state index contributed by atoms with van der Waals surface area (Å²) in [5.41, 5.74) is -0.429. The highest BCUT2D eigenvalue weighted by atomic mass is 16.7. The van der Waals surface area contributed by atoms with Crippen LogP contribution in [0.5, 0.6) is 0 Å². The average molecular weight is 645 g/mol. The van der Waals surface area contributed by atoms with Crippen LogP contribution >= 0.6 is 0 Å². The van der Waals surface area contributed by atoms with Crippen LogP contribution in [0.2, 0.25) is 0 Å². The SMILES string of the molecule is CCC1(C)NC(=O)[C@H](CCCCCC(=O)C(C)OCOCCOC)NC(=O)[C@H]2C[C@H](C)CN2C(=O)[C@H](Cc2ccccc2)NC1=O. The number of rotatable bonds is 16. The lowest BCUT2D eigenvalue weighted by Crippen LogP contribution is -2.65. The molecule has 2 unspecified atom stereocenters. The number of methoxy groups -OCH3 is 1. The summed E-state index contributed by atoms with van der Waals surface area (Å²) in [5, 5.41) is 8.70. The van der Waals surface area contributed by atoms with Crippen molar-refractivity contribution in [3.8, 4) is 0 Å². The predicted molar refractivity (Wildman–Crippen MR) is 171 cm³/mol. The van der Waals surface area contributed by atoms with E-state index >= 15 is 0 Å². The molecular weight excluding hydrogens is 592 g/mol. The summed E-state index contributed by atoms with van der Waals surface area (Å²) in [6.07, 6.45) is 2.86. The highest BCUT2D eigenvalue weighted by Gasteiger charge is 2.44. The Labute approximate surface area is 272 Å². The maximum Gasteiger partial charge on any atom is 0.246 e. The zero-order chi connectivity index (χ0) is 33.7. The van der Waals surface area contributed by atoms with Crippen molar-refractivity contribution in [3.05, 3.63) is 35.9 Å². The Morgan fingerprint density at radius 2 is 1.76 bits per heavy atom. The van der Waals surface area contributed by atoms with Gasteiger partial charge in [-0.2, -0.15) is 0 Å². The first-order valence-corrected chi connectivity index (χ1v) is 16.5. The van der Waals surface area contributed by atoms with Crippen molar-refractivity contribution in [1.82, 2.24) is 20.9 Å². The molecule has 0 saturated carbocycles. The zero-order valence-electron chi connectivity index (χ0n) is 28.0. The van der Waals surface area contributed by atoms with Gasteiger partial charge in [-0.15, -0.1) is 0 Å². The number of carbonyl (C=O) groups is 5. The third-order valence-electron chi connectivity index (χ3n) is 8.92. The van der Waals surface area contributed by atoms with Gasteiger partial charge in [-0.25, -0.2) is 0 Å². The Hall–Kier alpha value is -3.35. The first-order chi connectivity index (χ1) is 22.0. The van der Waals surface area contributed by atoms with Gasteiger partial charge >= 0.3 is 0 Å². The van der Waals surface area contributed by atoms with Crippen LogP contribution in [0.3, 0.4) is 0 Å². The molecule has 2 saturated heterocycles. The number of ether oxygens (including phenoxy) is 3. The summed E-state index contributed by atoms with van der Waals surface area (Å²) in [6.45, 7) is 8.32. The molecule has 3 N–H and O–H groups in total. The monoisotopic (exact) mass is 644 g/mol. The highest BCUT2D eigenvalue weighted by Crippen LogP contribution is 2.26. The molecule has 6 atom stereocenters. The fraction of sp³-hybridized carbons (Fsp3) is 0.676. The van der Waals surface area contributed by atoms with Crippen LogP contribution in [0, 0.1) is 5.92 Å². The van der Waals surface area contributed by atoms with E-state index in [0.717, 1.165) is 5.56 Å². The van der Waals surface area contributed by atoms with Crippen LogP contribution in [0.4, 0.5) is 0 Å². The van der Waals surface area contributed by atoms with Crippen molar-refractivity contribution >= 4 is 29.4 Å². The minimum atomic E-state index is -1.30. The second-order valence-electron chi connectivity index (χ2n) is 12.7. The fourth-order valence-corrected chi connectivity index (χ4v) is 5.78. The van der Waals surface area contributed by atoms with E-state index < -0.39 is 41.6 Å². The molecule has 0 aliphatic carbocycles. The summed E-state index contributed by atoms with van der Waals surface area (Å²) in [6, 6.07) is 6.86. The van der Waals surface area contributed by atoms with Gasteiger partial charge in [-0.05, 0) is 51.0 Å². The average Bonchev–Trinajstić information content (AvgIpc) is 3.44. The van der Waals surface area contributed by atoms with Crippen molar-refractivity contribution in [2.45, 2.75) is 109 Å². The van der Waals surface area contributed by atoms with Crippen molar-refractivity contribution in [2.75, 3.05) is 33.7 Å². The number of benzene rings is 1.